The lowest BCUT2D eigenvalue weighted by molar-refractivity contribution is -0.141. The standard InChI is InChI=1S/C13H6F3N5O2/c14-13(15,16)9-3-8(22)6-1-2-10-18-7(12-20-17-5-23-12)4-21(10)11(6)19-9/h1-5H,(H,19,22). The van der Waals surface area contributed by atoms with Crippen LogP contribution in [0.1, 0.15) is 5.69 Å². The molecule has 23 heavy (non-hydrogen) atoms. The van der Waals surface area contributed by atoms with Gasteiger partial charge in [-0.2, -0.15) is 13.2 Å². The van der Waals surface area contributed by atoms with Crippen molar-refractivity contribution in [3.63, 3.8) is 0 Å². The quantitative estimate of drug-likeness (QED) is 0.581. The second-order valence-electron chi connectivity index (χ2n) is 4.74. The number of aromatic nitrogens is 5. The van der Waals surface area contributed by atoms with E-state index in [1.807, 2.05) is 0 Å². The van der Waals surface area contributed by atoms with Gasteiger partial charge in [0.15, 0.2) is 5.43 Å². The Morgan fingerprint density at radius 1 is 1.26 bits per heavy atom. The molecule has 4 rings (SSSR count). The second kappa shape index (κ2) is 4.41. The van der Waals surface area contributed by atoms with Gasteiger partial charge in [0, 0.05) is 12.3 Å². The van der Waals surface area contributed by atoms with Crippen LogP contribution in [-0.2, 0) is 6.18 Å². The van der Waals surface area contributed by atoms with Crippen molar-refractivity contribution in [2.24, 2.45) is 0 Å². The number of rotatable bonds is 1. The molecule has 0 amide bonds. The molecule has 10 heteroatoms. The lowest BCUT2D eigenvalue weighted by Crippen LogP contribution is -2.15. The summed E-state index contributed by atoms with van der Waals surface area (Å²) in [5, 5.41) is 7.32. The highest BCUT2D eigenvalue weighted by molar-refractivity contribution is 5.79. The van der Waals surface area contributed by atoms with Crippen molar-refractivity contribution >= 4 is 16.7 Å². The SMILES string of the molecule is O=c1cc(C(F)(F)F)[nH]c2c1ccc1nc(-c3nnco3)cn12. The van der Waals surface area contributed by atoms with Crippen LogP contribution in [0.4, 0.5) is 13.2 Å². The van der Waals surface area contributed by atoms with Gasteiger partial charge in [-0.1, -0.05) is 0 Å². The Labute approximate surface area is 124 Å². The molecule has 0 fully saturated rings. The van der Waals surface area contributed by atoms with E-state index in [1.165, 1.54) is 22.7 Å². The zero-order valence-corrected chi connectivity index (χ0v) is 11.1. The van der Waals surface area contributed by atoms with Gasteiger partial charge in [-0.25, -0.2) is 4.98 Å². The fraction of sp³-hybridized carbons (Fsp3) is 0.0769. The molecule has 0 bridgehead atoms. The first-order valence-electron chi connectivity index (χ1n) is 6.32. The Hall–Kier alpha value is -3.17. The van der Waals surface area contributed by atoms with Gasteiger partial charge in [-0.3, -0.25) is 9.20 Å². The number of imidazole rings is 1. The molecule has 1 N–H and O–H groups in total. The zero-order valence-electron chi connectivity index (χ0n) is 11.1. The molecule has 7 nitrogen and oxygen atoms in total. The first-order chi connectivity index (χ1) is 10.9. The Bertz CT molecular complexity index is 1080. The van der Waals surface area contributed by atoms with Crippen molar-refractivity contribution in [2.45, 2.75) is 6.18 Å². The Morgan fingerprint density at radius 3 is 2.78 bits per heavy atom. The third kappa shape index (κ3) is 2.06. The minimum absolute atomic E-state index is 0.0133. The molecule has 4 aromatic heterocycles. The first kappa shape index (κ1) is 13.5. The lowest BCUT2D eigenvalue weighted by atomic mass is 10.2. The van der Waals surface area contributed by atoms with Crippen LogP contribution in [0.2, 0.25) is 0 Å². The highest BCUT2D eigenvalue weighted by atomic mass is 19.4. The molecule has 4 heterocycles. The zero-order chi connectivity index (χ0) is 16.2. The summed E-state index contributed by atoms with van der Waals surface area (Å²) in [6.07, 6.45) is -2.13. The molecular weight excluding hydrogens is 315 g/mol. The van der Waals surface area contributed by atoms with E-state index in [1.54, 1.807) is 0 Å². The van der Waals surface area contributed by atoms with E-state index in [2.05, 4.69) is 20.2 Å². The normalized spacial score (nSPS) is 12.3. The minimum atomic E-state index is -4.66. The summed E-state index contributed by atoms with van der Waals surface area (Å²) in [6, 6.07) is 3.46. The van der Waals surface area contributed by atoms with Crippen LogP contribution < -0.4 is 5.43 Å². The molecule has 116 valence electrons. The molecule has 4 aromatic rings. The van der Waals surface area contributed by atoms with E-state index >= 15 is 0 Å². The molecule has 0 aliphatic heterocycles. The van der Waals surface area contributed by atoms with Crippen molar-refractivity contribution in [3.8, 4) is 11.6 Å². The average molecular weight is 321 g/mol. The van der Waals surface area contributed by atoms with Crippen molar-refractivity contribution in [1.82, 2.24) is 24.6 Å². The lowest BCUT2D eigenvalue weighted by Gasteiger charge is -2.08. The number of hydrogen-bond donors (Lipinski definition) is 1. The number of hydrogen-bond acceptors (Lipinski definition) is 5. The maximum absolute atomic E-state index is 12.9. The Kier molecular flexibility index (Phi) is 2.59. The maximum Gasteiger partial charge on any atom is 0.431 e. The fourth-order valence-corrected chi connectivity index (χ4v) is 2.30. The van der Waals surface area contributed by atoms with E-state index in [4.69, 9.17) is 4.42 Å². The van der Waals surface area contributed by atoms with E-state index in [0.717, 1.165) is 6.39 Å². The van der Waals surface area contributed by atoms with Gasteiger partial charge in [-0.15, -0.1) is 10.2 Å². The highest BCUT2D eigenvalue weighted by Gasteiger charge is 2.32. The van der Waals surface area contributed by atoms with Gasteiger partial charge in [0.25, 0.3) is 5.89 Å². The molecule has 0 saturated carbocycles. The van der Waals surface area contributed by atoms with Crippen LogP contribution in [0.3, 0.4) is 0 Å². The third-order valence-electron chi connectivity index (χ3n) is 3.31. The predicted octanol–water partition coefficient (Wildman–Crippen LogP) is 2.24. The molecule has 0 unspecified atom stereocenters. The van der Waals surface area contributed by atoms with Crippen molar-refractivity contribution < 1.29 is 17.6 Å². The predicted molar refractivity (Wildman–Crippen MR) is 71.6 cm³/mol. The summed E-state index contributed by atoms with van der Waals surface area (Å²) in [5.74, 6) is 0.121. The third-order valence-corrected chi connectivity index (χ3v) is 3.31. The molecule has 0 aromatic carbocycles. The van der Waals surface area contributed by atoms with Crippen LogP contribution in [0.15, 0.2) is 40.0 Å². The van der Waals surface area contributed by atoms with Crippen LogP contribution in [-0.4, -0.2) is 24.6 Å². The van der Waals surface area contributed by atoms with Crippen LogP contribution >= 0.6 is 0 Å². The summed E-state index contributed by atoms with van der Waals surface area (Å²) in [7, 11) is 0. The molecule has 0 radical (unpaired) electrons. The number of nitrogens with one attached hydrogen (secondary N) is 1. The van der Waals surface area contributed by atoms with Crippen molar-refractivity contribution in [2.75, 3.05) is 0 Å². The van der Waals surface area contributed by atoms with Gasteiger partial charge >= 0.3 is 6.18 Å². The fourth-order valence-electron chi connectivity index (χ4n) is 2.30. The highest BCUT2D eigenvalue weighted by Crippen LogP contribution is 2.28. The summed E-state index contributed by atoms with van der Waals surface area (Å²) in [5.41, 5.74) is -1.26. The van der Waals surface area contributed by atoms with Crippen molar-refractivity contribution in [1.29, 1.82) is 0 Å². The number of fused-ring (bicyclic) bond motifs is 3. The van der Waals surface area contributed by atoms with Crippen LogP contribution in [0, 0.1) is 0 Å². The van der Waals surface area contributed by atoms with E-state index in [-0.39, 0.29) is 22.6 Å². The Morgan fingerprint density at radius 2 is 2.09 bits per heavy atom. The number of aromatic amines is 1. The number of halogens is 3. The smallest absolute Gasteiger partial charge is 0.422 e. The summed E-state index contributed by atoms with van der Waals surface area (Å²) in [4.78, 5) is 18.4. The molecule has 0 atom stereocenters. The van der Waals surface area contributed by atoms with E-state index in [0.29, 0.717) is 11.7 Å². The summed E-state index contributed by atoms with van der Waals surface area (Å²) < 4.78 is 45.0. The van der Waals surface area contributed by atoms with Gasteiger partial charge < -0.3 is 9.40 Å². The van der Waals surface area contributed by atoms with Gasteiger partial charge in [-0.05, 0) is 12.1 Å². The van der Waals surface area contributed by atoms with Gasteiger partial charge in [0.05, 0.1) is 5.39 Å². The van der Waals surface area contributed by atoms with E-state index < -0.39 is 17.3 Å². The number of alkyl halides is 3. The maximum atomic E-state index is 12.9. The average Bonchev–Trinajstić information content (AvgIpc) is 3.15. The second-order valence-corrected chi connectivity index (χ2v) is 4.74. The summed E-state index contributed by atoms with van der Waals surface area (Å²) in [6.45, 7) is 0. The van der Waals surface area contributed by atoms with Crippen molar-refractivity contribution in [3.05, 3.63) is 46.7 Å². The molecule has 0 spiro atoms. The van der Waals surface area contributed by atoms with Gasteiger partial charge in [0.2, 0.25) is 6.39 Å². The molecule has 0 aliphatic carbocycles. The number of nitrogens with zero attached hydrogens (tertiary/aromatic N) is 4. The van der Waals surface area contributed by atoms with Gasteiger partial charge in [0.1, 0.15) is 22.7 Å². The van der Waals surface area contributed by atoms with Crippen LogP contribution in [0.5, 0.6) is 0 Å². The minimum Gasteiger partial charge on any atom is -0.422 e. The number of pyridine rings is 2. The van der Waals surface area contributed by atoms with Crippen LogP contribution in [0.25, 0.3) is 28.3 Å². The molecular formula is C13H6F3N5O2. The first-order valence-corrected chi connectivity index (χ1v) is 6.32. The topological polar surface area (TPSA) is 89.1 Å². The number of H-pyrrole nitrogens is 1. The monoisotopic (exact) mass is 321 g/mol. The largest absolute Gasteiger partial charge is 0.431 e. The van der Waals surface area contributed by atoms with E-state index in [9.17, 15) is 18.0 Å². The molecule has 0 saturated heterocycles. The summed E-state index contributed by atoms with van der Waals surface area (Å²) >= 11 is 0. The Balaban J connectivity index is 2.07. The molecule has 0 aliphatic rings.